The molecule has 3 aromatic rings. The molecule has 3 rings (SSSR count). The van der Waals surface area contributed by atoms with E-state index in [9.17, 15) is 32.7 Å². The third-order valence-corrected chi connectivity index (χ3v) is 4.08. The Morgan fingerprint density at radius 2 is 1.74 bits per heavy atom. The van der Waals surface area contributed by atoms with Crippen molar-refractivity contribution < 1.29 is 27.8 Å². The number of nitrogens with one attached hydrogen (secondary N) is 1. The quantitative estimate of drug-likeness (QED) is 0.635. The summed E-state index contributed by atoms with van der Waals surface area (Å²) in [4.78, 5) is 42.7. The second-order valence-electron chi connectivity index (χ2n) is 6.20. The molecule has 0 spiro atoms. The molecule has 0 saturated carbocycles. The summed E-state index contributed by atoms with van der Waals surface area (Å²) in [7, 11) is 2.35. The summed E-state index contributed by atoms with van der Waals surface area (Å²) in [6.07, 6.45) is -3.82. The maximum Gasteiger partial charge on any atom is 0.451 e. The number of aromatic nitrogens is 4. The Labute approximate surface area is 171 Å². The van der Waals surface area contributed by atoms with Gasteiger partial charge in [-0.05, 0) is 24.3 Å². The highest BCUT2D eigenvalue weighted by atomic mass is 19.4. The highest BCUT2D eigenvalue weighted by Gasteiger charge is 2.34. The van der Waals surface area contributed by atoms with Gasteiger partial charge >= 0.3 is 11.9 Å². The zero-order chi connectivity index (χ0) is 22.9. The van der Waals surface area contributed by atoms with Crippen molar-refractivity contribution in [2.24, 2.45) is 14.1 Å². The number of hydrogen-bond donors (Lipinski definition) is 2. The van der Waals surface area contributed by atoms with Gasteiger partial charge in [0.15, 0.2) is 5.56 Å². The van der Waals surface area contributed by atoms with Crippen LogP contribution < -0.4 is 21.3 Å². The monoisotopic (exact) mass is 437 g/mol. The van der Waals surface area contributed by atoms with Crippen molar-refractivity contribution in [3.8, 4) is 17.5 Å². The molecule has 0 saturated heterocycles. The van der Waals surface area contributed by atoms with Crippen LogP contribution in [0.3, 0.4) is 0 Å². The first kappa shape index (κ1) is 21.5. The highest BCUT2D eigenvalue weighted by molar-refractivity contribution is 6.05. The van der Waals surface area contributed by atoms with Crippen molar-refractivity contribution in [2.75, 3.05) is 5.32 Å². The number of hydrogen-bond acceptors (Lipinski definition) is 7. The molecule has 0 fully saturated rings. The summed E-state index contributed by atoms with van der Waals surface area (Å²) in [6, 6.07) is 6.52. The molecule has 0 aliphatic rings. The first-order valence-corrected chi connectivity index (χ1v) is 8.47. The minimum Gasteiger partial charge on any atom is -0.494 e. The molecule has 31 heavy (non-hydrogen) atoms. The van der Waals surface area contributed by atoms with Crippen molar-refractivity contribution in [1.82, 2.24) is 19.1 Å². The van der Waals surface area contributed by atoms with E-state index >= 15 is 0 Å². The van der Waals surface area contributed by atoms with E-state index in [1.54, 1.807) is 0 Å². The van der Waals surface area contributed by atoms with Crippen LogP contribution in [0.1, 0.15) is 16.2 Å². The third kappa shape index (κ3) is 4.39. The molecule has 1 aromatic carbocycles. The number of carbonyl (C=O) groups excluding carboxylic acids is 1. The number of anilines is 1. The van der Waals surface area contributed by atoms with E-state index in [2.05, 4.69) is 15.3 Å². The van der Waals surface area contributed by atoms with E-state index in [1.807, 2.05) is 0 Å². The Morgan fingerprint density at radius 3 is 2.35 bits per heavy atom. The van der Waals surface area contributed by atoms with E-state index in [-0.39, 0.29) is 17.3 Å². The predicted molar refractivity (Wildman–Crippen MR) is 100 cm³/mol. The van der Waals surface area contributed by atoms with E-state index in [0.29, 0.717) is 4.57 Å². The van der Waals surface area contributed by atoms with Crippen LogP contribution in [0.25, 0.3) is 0 Å². The molecule has 13 heteroatoms. The number of rotatable bonds is 4. The fourth-order valence-electron chi connectivity index (χ4n) is 2.49. The number of halogens is 3. The molecule has 10 nitrogen and oxygen atoms in total. The maximum atomic E-state index is 12.7. The molecule has 0 unspecified atom stereocenters. The van der Waals surface area contributed by atoms with E-state index in [0.717, 1.165) is 23.9 Å². The maximum absolute atomic E-state index is 12.7. The Bertz CT molecular complexity index is 1270. The van der Waals surface area contributed by atoms with E-state index in [1.165, 1.54) is 31.3 Å². The molecule has 0 atom stereocenters. The lowest BCUT2D eigenvalue weighted by Crippen LogP contribution is -2.40. The second-order valence-corrected chi connectivity index (χ2v) is 6.20. The Balaban J connectivity index is 1.79. The van der Waals surface area contributed by atoms with Crippen molar-refractivity contribution in [1.29, 1.82) is 0 Å². The summed E-state index contributed by atoms with van der Waals surface area (Å²) >= 11 is 0. The van der Waals surface area contributed by atoms with Gasteiger partial charge < -0.3 is 15.2 Å². The van der Waals surface area contributed by atoms with Gasteiger partial charge in [0.2, 0.25) is 17.6 Å². The van der Waals surface area contributed by atoms with Crippen LogP contribution in [0.15, 0.2) is 46.1 Å². The normalized spacial score (nSPS) is 11.3. The Hall–Kier alpha value is -4.16. The van der Waals surface area contributed by atoms with Crippen LogP contribution in [-0.4, -0.2) is 30.1 Å². The summed E-state index contributed by atoms with van der Waals surface area (Å²) in [5.74, 6) is -3.33. The van der Waals surface area contributed by atoms with Crippen LogP contribution in [-0.2, 0) is 20.3 Å². The minimum atomic E-state index is -4.73. The topological polar surface area (TPSA) is 128 Å². The predicted octanol–water partition coefficient (Wildman–Crippen LogP) is 1.64. The first-order chi connectivity index (χ1) is 14.5. The largest absolute Gasteiger partial charge is 0.494 e. The Kier molecular flexibility index (Phi) is 5.51. The van der Waals surface area contributed by atoms with Gasteiger partial charge in [-0.15, -0.1) is 0 Å². The number of amides is 1. The Morgan fingerprint density at radius 1 is 1.10 bits per heavy atom. The molecule has 0 aliphatic carbocycles. The van der Waals surface area contributed by atoms with Gasteiger partial charge in [0.25, 0.3) is 11.5 Å². The summed E-state index contributed by atoms with van der Waals surface area (Å²) in [5.41, 5.74) is -2.24. The molecule has 2 heterocycles. The molecule has 0 radical (unpaired) electrons. The van der Waals surface area contributed by atoms with Gasteiger partial charge in [-0.25, -0.2) is 9.78 Å². The fraction of sp³-hybridized carbons (Fsp3) is 0.167. The van der Waals surface area contributed by atoms with Gasteiger partial charge in [-0.1, -0.05) is 0 Å². The fourth-order valence-corrected chi connectivity index (χ4v) is 2.49. The van der Waals surface area contributed by atoms with Crippen molar-refractivity contribution in [3.05, 3.63) is 68.8 Å². The average molecular weight is 437 g/mol. The summed E-state index contributed by atoms with van der Waals surface area (Å²) in [6.45, 7) is 0. The second kappa shape index (κ2) is 7.93. The van der Waals surface area contributed by atoms with Gasteiger partial charge in [-0.3, -0.25) is 18.7 Å². The molecule has 0 aliphatic heterocycles. The van der Waals surface area contributed by atoms with Crippen molar-refractivity contribution in [3.63, 3.8) is 0 Å². The van der Waals surface area contributed by atoms with Crippen LogP contribution in [0, 0.1) is 0 Å². The van der Waals surface area contributed by atoms with Gasteiger partial charge in [-0.2, -0.15) is 18.2 Å². The number of alkyl halides is 3. The van der Waals surface area contributed by atoms with Gasteiger partial charge in [0, 0.05) is 32.0 Å². The van der Waals surface area contributed by atoms with Crippen LogP contribution >= 0.6 is 0 Å². The SMILES string of the molecule is Cn1c(O)c(C(=O)Nc2ccc(Oc3ccnc(C(F)(F)F)n3)cc2)c(=O)n(C)c1=O. The van der Waals surface area contributed by atoms with Gasteiger partial charge in [0.05, 0.1) is 0 Å². The lowest BCUT2D eigenvalue weighted by Gasteiger charge is -2.11. The summed E-state index contributed by atoms with van der Waals surface area (Å²) in [5, 5.41) is 12.4. The number of ether oxygens (including phenoxy) is 1. The molecular formula is C18H14F3N5O5. The number of carbonyl (C=O) groups is 1. The zero-order valence-corrected chi connectivity index (χ0v) is 16.0. The lowest BCUT2D eigenvalue weighted by atomic mass is 10.2. The molecule has 2 N–H and O–H groups in total. The first-order valence-electron chi connectivity index (χ1n) is 8.47. The van der Waals surface area contributed by atoms with Crippen molar-refractivity contribution >= 4 is 11.6 Å². The van der Waals surface area contributed by atoms with E-state index < -0.39 is 40.6 Å². The number of aromatic hydroxyl groups is 1. The van der Waals surface area contributed by atoms with Crippen molar-refractivity contribution in [2.45, 2.75) is 6.18 Å². The van der Waals surface area contributed by atoms with Crippen LogP contribution in [0.5, 0.6) is 17.5 Å². The molecule has 2 aromatic heterocycles. The third-order valence-electron chi connectivity index (χ3n) is 4.08. The average Bonchev–Trinajstić information content (AvgIpc) is 2.72. The number of nitrogens with zero attached hydrogens (tertiary/aromatic N) is 4. The molecule has 1 amide bonds. The number of benzene rings is 1. The lowest BCUT2D eigenvalue weighted by molar-refractivity contribution is -0.145. The molecule has 162 valence electrons. The van der Waals surface area contributed by atoms with Gasteiger partial charge in [0.1, 0.15) is 5.75 Å². The van der Waals surface area contributed by atoms with Crippen LogP contribution in [0.2, 0.25) is 0 Å². The minimum absolute atomic E-state index is 0.116. The zero-order valence-electron chi connectivity index (χ0n) is 16.0. The van der Waals surface area contributed by atoms with E-state index in [4.69, 9.17) is 4.74 Å². The van der Waals surface area contributed by atoms with Crippen LogP contribution in [0.4, 0.5) is 18.9 Å². The molecular weight excluding hydrogens is 423 g/mol. The highest BCUT2D eigenvalue weighted by Crippen LogP contribution is 2.28. The molecule has 0 bridgehead atoms. The smallest absolute Gasteiger partial charge is 0.451 e. The summed E-state index contributed by atoms with van der Waals surface area (Å²) < 4.78 is 44.7. The standard InChI is InChI=1S/C18H14F3N5O5/c1-25-14(28)12(15(29)26(2)17(25)30)13(27)23-9-3-5-10(6-4-9)31-11-7-8-22-16(24-11)18(19,20)21/h3-8,28H,1-2H3,(H,23,27).